The Labute approximate surface area is 171 Å². The van der Waals surface area contributed by atoms with Gasteiger partial charge < -0.3 is 34.3 Å². The monoisotopic (exact) mass is 424 g/mol. The second kappa shape index (κ2) is 4.69. The van der Waals surface area contributed by atoms with Gasteiger partial charge in [-0.1, -0.05) is 20.8 Å². The normalized spacial score (nSPS) is 60.1. The molecule has 11 atom stereocenters. The van der Waals surface area contributed by atoms with E-state index < -0.39 is 87.9 Å². The molecule has 4 aliphatic heterocycles. The lowest BCUT2D eigenvalue weighted by atomic mass is 9.51. The van der Waals surface area contributed by atoms with Gasteiger partial charge in [-0.25, -0.2) is 9.59 Å². The molecule has 0 aromatic rings. The van der Waals surface area contributed by atoms with Gasteiger partial charge in [-0.2, -0.15) is 0 Å². The Bertz CT molecular complexity index is 925. The van der Waals surface area contributed by atoms with Crippen molar-refractivity contribution in [3.05, 3.63) is 0 Å². The molecule has 2 unspecified atom stereocenters. The van der Waals surface area contributed by atoms with Crippen molar-refractivity contribution in [3.63, 3.8) is 0 Å². The van der Waals surface area contributed by atoms with Crippen LogP contribution in [0.4, 0.5) is 0 Å². The molecule has 10 nitrogen and oxygen atoms in total. The third kappa shape index (κ3) is 1.33. The molecule has 3 N–H and O–H groups in total. The lowest BCUT2D eigenvalue weighted by Crippen LogP contribution is -2.67. The predicted octanol–water partition coefficient (Wildman–Crippen LogP) is -1.37. The summed E-state index contributed by atoms with van der Waals surface area (Å²) in [6.07, 6.45) is -6.91. The van der Waals surface area contributed by atoms with E-state index in [0.717, 1.165) is 0 Å². The summed E-state index contributed by atoms with van der Waals surface area (Å²) in [7, 11) is 0. The van der Waals surface area contributed by atoms with Crippen molar-refractivity contribution in [1.82, 2.24) is 0 Å². The highest BCUT2D eigenvalue weighted by Gasteiger charge is 3.03. The van der Waals surface area contributed by atoms with Gasteiger partial charge in [0.1, 0.15) is 12.2 Å². The van der Waals surface area contributed by atoms with Crippen LogP contribution in [0.25, 0.3) is 0 Å². The number of esters is 3. The summed E-state index contributed by atoms with van der Waals surface area (Å²) in [5, 5.41) is 34.7. The molecule has 30 heavy (non-hydrogen) atoms. The minimum absolute atomic E-state index is 0.229. The molecule has 6 fully saturated rings. The minimum atomic E-state index is -2.24. The fraction of sp³-hybridized carbons (Fsp3) is 0.850. The number of rotatable bonds is 0. The van der Waals surface area contributed by atoms with Gasteiger partial charge in [-0.15, -0.1) is 0 Å². The van der Waals surface area contributed by atoms with Gasteiger partial charge in [0.2, 0.25) is 11.9 Å². The Hall–Kier alpha value is -1.75. The summed E-state index contributed by atoms with van der Waals surface area (Å²) in [4.78, 5) is 38.2. The molecular formula is C20H24O10. The number of ether oxygens (including phenoxy) is 4. The first-order valence-corrected chi connectivity index (χ1v) is 10.2. The van der Waals surface area contributed by atoms with Crippen LogP contribution >= 0.6 is 0 Å². The van der Waals surface area contributed by atoms with Crippen LogP contribution in [-0.2, 0) is 33.3 Å². The summed E-state index contributed by atoms with van der Waals surface area (Å²) in [6.45, 7) is 7.14. The van der Waals surface area contributed by atoms with E-state index in [4.69, 9.17) is 18.9 Å². The fourth-order valence-corrected chi connectivity index (χ4v) is 8.12. The van der Waals surface area contributed by atoms with Crippen molar-refractivity contribution in [2.24, 2.45) is 28.1 Å². The van der Waals surface area contributed by atoms with E-state index >= 15 is 0 Å². The van der Waals surface area contributed by atoms with Crippen LogP contribution in [0.2, 0.25) is 0 Å². The highest BCUT2D eigenvalue weighted by Crippen LogP contribution is 2.84. The molecule has 4 saturated heterocycles. The topological polar surface area (TPSA) is 149 Å². The molecule has 2 saturated carbocycles. The summed E-state index contributed by atoms with van der Waals surface area (Å²) in [5.41, 5.74) is -8.26. The molecule has 10 heteroatoms. The first-order valence-electron chi connectivity index (χ1n) is 10.2. The van der Waals surface area contributed by atoms with Crippen LogP contribution in [0.5, 0.6) is 0 Å². The van der Waals surface area contributed by atoms with Crippen molar-refractivity contribution in [1.29, 1.82) is 0 Å². The fourth-order valence-electron chi connectivity index (χ4n) is 8.12. The van der Waals surface area contributed by atoms with Crippen LogP contribution < -0.4 is 0 Å². The summed E-state index contributed by atoms with van der Waals surface area (Å²) >= 11 is 0. The average Bonchev–Trinajstić information content (AvgIpc) is 3.35. The Kier molecular flexibility index (Phi) is 2.97. The number of carbonyl (C=O) groups is 3. The van der Waals surface area contributed by atoms with Gasteiger partial charge in [-0.05, 0) is 24.7 Å². The number of aliphatic hydroxyl groups excluding tert-OH is 2. The van der Waals surface area contributed by atoms with E-state index in [0.29, 0.717) is 0 Å². The van der Waals surface area contributed by atoms with Crippen LogP contribution in [0.3, 0.4) is 0 Å². The predicted molar refractivity (Wildman–Crippen MR) is 92.0 cm³/mol. The maximum Gasteiger partial charge on any atom is 0.343 e. The van der Waals surface area contributed by atoms with Crippen molar-refractivity contribution in [2.45, 2.75) is 76.0 Å². The molecule has 4 heterocycles. The van der Waals surface area contributed by atoms with Crippen LogP contribution in [-0.4, -0.2) is 75.1 Å². The van der Waals surface area contributed by atoms with Gasteiger partial charge >= 0.3 is 17.9 Å². The van der Waals surface area contributed by atoms with Crippen LogP contribution in [0.15, 0.2) is 0 Å². The maximum atomic E-state index is 13.4. The van der Waals surface area contributed by atoms with Crippen molar-refractivity contribution >= 4 is 17.9 Å². The molecule has 164 valence electrons. The van der Waals surface area contributed by atoms with E-state index in [-0.39, 0.29) is 6.42 Å². The standard InChI is InChI=1S/C20H24O10/c1-6-12(23)28-11-9(21)18-8-5-7(16(2,3)4)17(18)10(22)13(24)29-15(17)30-20(18,14(25)27-8)19(6,11)26/h6-11,15,21-22,26H,5H2,1-4H3/t6-,7+,8-,9-,10?,11?,15+,17+,18-,19-,20-/m0/s1. The van der Waals surface area contributed by atoms with Crippen molar-refractivity contribution < 1.29 is 48.7 Å². The molecule has 6 aliphatic rings. The first kappa shape index (κ1) is 19.0. The van der Waals surface area contributed by atoms with Crippen LogP contribution in [0, 0.1) is 28.1 Å². The molecule has 0 aromatic carbocycles. The van der Waals surface area contributed by atoms with Gasteiger partial charge in [-0.3, -0.25) is 4.79 Å². The Morgan fingerprint density at radius 1 is 1.03 bits per heavy atom. The van der Waals surface area contributed by atoms with Crippen molar-refractivity contribution in [3.8, 4) is 0 Å². The van der Waals surface area contributed by atoms with E-state index in [9.17, 15) is 29.7 Å². The molecule has 6 rings (SSSR count). The van der Waals surface area contributed by atoms with Gasteiger partial charge in [0.25, 0.3) is 0 Å². The number of carbonyl (C=O) groups excluding carboxylic acids is 3. The molecular weight excluding hydrogens is 400 g/mol. The Morgan fingerprint density at radius 3 is 2.33 bits per heavy atom. The van der Waals surface area contributed by atoms with Crippen LogP contribution in [0.1, 0.15) is 34.1 Å². The first-order chi connectivity index (χ1) is 13.8. The number of hydrogen-bond acceptors (Lipinski definition) is 10. The average molecular weight is 424 g/mol. The number of fused-ring (bicyclic) bond motifs is 1. The highest BCUT2D eigenvalue weighted by atomic mass is 16.8. The molecule has 0 aromatic heterocycles. The zero-order chi connectivity index (χ0) is 21.8. The summed E-state index contributed by atoms with van der Waals surface area (Å²) in [6, 6.07) is 0. The smallest absolute Gasteiger partial charge is 0.343 e. The van der Waals surface area contributed by atoms with E-state index in [1.165, 1.54) is 6.92 Å². The second-order valence-corrected chi connectivity index (χ2v) is 10.7. The van der Waals surface area contributed by atoms with E-state index in [2.05, 4.69) is 0 Å². The molecule has 0 bridgehead atoms. The Balaban J connectivity index is 1.72. The number of aliphatic hydroxyl groups is 3. The summed E-state index contributed by atoms with van der Waals surface area (Å²) in [5.74, 6) is -4.32. The van der Waals surface area contributed by atoms with Gasteiger partial charge in [0.15, 0.2) is 17.8 Å². The van der Waals surface area contributed by atoms with Gasteiger partial charge in [0.05, 0.1) is 16.7 Å². The van der Waals surface area contributed by atoms with Gasteiger partial charge in [0, 0.05) is 0 Å². The maximum absolute atomic E-state index is 13.4. The van der Waals surface area contributed by atoms with Crippen molar-refractivity contribution in [2.75, 3.05) is 0 Å². The SMILES string of the molecule is C[C@H]1C(=O)OC2[C@H](O)[C@@]34[C@@H]5C[C@H](C(C)(C)C)[C@]36C(O)C(=O)O[C@@H]6O[C@]4(C(=O)O5)[C@@]21O. The third-order valence-electron chi connectivity index (χ3n) is 9.00. The Morgan fingerprint density at radius 2 is 1.70 bits per heavy atom. The summed E-state index contributed by atoms with van der Waals surface area (Å²) < 4.78 is 22.5. The van der Waals surface area contributed by atoms with E-state index in [1.807, 2.05) is 20.8 Å². The molecule has 2 spiro atoms. The largest absolute Gasteiger partial charge is 0.459 e. The zero-order valence-corrected chi connectivity index (χ0v) is 16.9. The number of hydrogen-bond donors (Lipinski definition) is 3. The minimum Gasteiger partial charge on any atom is -0.459 e. The quantitative estimate of drug-likeness (QED) is 0.314. The molecule has 2 aliphatic carbocycles. The molecule has 0 radical (unpaired) electrons. The lowest BCUT2D eigenvalue weighted by Gasteiger charge is -2.47. The van der Waals surface area contributed by atoms with E-state index in [1.54, 1.807) is 0 Å². The molecule has 0 amide bonds. The second-order valence-electron chi connectivity index (χ2n) is 10.7. The lowest BCUT2D eigenvalue weighted by molar-refractivity contribution is -0.239. The zero-order valence-electron chi connectivity index (χ0n) is 16.9. The highest BCUT2D eigenvalue weighted by molar-refractivity contribution is 5.94. The third-order valence-corrected chi connectivity index (χ3v) is 9.00.